The second-order valence-corrected chi connectivity index (χ2v) is 10.3. The van der Waals surface area contributed by atoms with E-state index < -0.39 is 5.91 Å². The van der Waals surface area contributed by atoms with Gasteiger partial charge in [0.05, 0.1) is 5.02 Å². The number of rotatable bonds is 9. The van der Waals surface area contributed by atoms with Gasteiger partial charge in [-0.25, -0.2) is 4.98 Å². The first-order valence-corrected chi connectivity index (χ1v) is 12.8. The Bertz CT molecular complexity index is 1230. The molecule has 198 valence electrons. The van der Waals surface area contributed by atoms with Crippen molar-refractivity contribution in [3.63, 3.8) is 0 Å². The zero-order valence-electron chi connectivity index (χ0n) is 21.7. The average molecular weight is 528 g/mol. The van der Waals surface area contributed by atoms with Crippen LogP contribution < -0.4 is 15.4 Å². The molecule has 2 aromatic heterocycles. The summed E-state index contributed by atoms with van der Waals surface area (Å²) in [7, 11) is 8.09. The fraction of sp³-hybridized carbons (Fsp3) is 0.444. The molecule has 0 unspecified atom stereocenters. The van der Waals surface area contributed by atoms with Crippen molar-refractivity contribution in [3.05, 3.63) is 47.3 Å². The number of amides is 2. The van der Waals surface area contributed by atoms with Gasteiger partial charge in [0.25, 0.3) is 5.91 Å². The monoisotopic (exact) mass is 527 g/mol. The number of halogens is 1. The van der Waals surface area contributed by atoms with Gasteiger partial charge in [-0.15, -0.1) is 0 Å². The lowest BCUT2D eigenvalue weighted by atomic mass is 9.85. The fourth-order valence-corrected chi connectivity index (χ4v) is 4.61. The van der Waals surface area contributed by atoms with Crippen molar-refractivity contribution in [2.75, 3.05) is 52.0 Å². The van der Waals surface area contributed by atoms with E-state index in [-0.39, 0.29) is 17.6 Å². The highest BCUT2D eigenvalue weighted by atomic mass is 35.5. The number of pyridine rings is 1. The number of benzene rings is 1. The number of furan rings is 1. The Morgan fingerprint density at radius 2 is 1.84 bits per heavy atom. The summed E-state index contributed by atoms with van der Waals surface area (Å²) in [6, 6.07) is 9.07. The minimum absolute atomic E-state index is 0.00696. The van der Waals surface area contributed by atoms with E-state index in [9.17, 15) is 9.59 Å². The molecular formula is C27H34ClN5O4. The third-order valence-electron chi connectivity index (χ3n) is 6.69. The molecule has 0 bridgehead atoms. The van der Waals surface area contributed by atoms with Crippen molar-refractivity contribution in [1.29, 1.82) is 0 Å². The minimum Gasteiger partial charge on any atom is -0.492 e. The van der Waals surface area contributed by atoms with Gasteiger partial charge in [0, 0.05) is 36.2 Å². The molecule has 0 saturated heterocycles. The molecule has 1 aromatic carbocycles. The number of carbonyl (C=O) groups is 2. The molecule has 1 aliphatic rings. The molecule has 9 nitrogen and oxygen atoms in total. The van der Waals surface area contributed by atoms with Gasteiger partial charge in [-0.3, -0.25) is 9.59 Å². The molecule has 37 heavy (non-hydrogen) atoms. The molecule has 0 atom stereocenters. The van der Waals surface area contributed by atoms with E-state index >= 15 is 0 Å². The summed E-state index contributed by atoms with van der Waals surface area (Å²) in [5.74, 6) is 0.199. The van der Waals surface area contributed by atoms with Gasteiger partial charge >= 0.3 is 0 Å². The molecule has 10 heteroatoms. The maximum Gasteiger partial charge on any atom is 0.294 e. The summed E-state index contributed by atoms with van der Waals surface area (Å²) in [6.45, 7) is 1.27. The van der Waals surface area contributed by atoms with Gasteiger partial charge in [0.1, 0.15) is 29.4 Å². The fourth-order valence-electron chi connectivity index (χ4n) is 4.50. The normalized spacial score (nSPS) is 17.8. The Kier molecular flexibility index (Phi) is 8.68. The number of hydrogen-bond acceptors (Lipinski definition) is 7. The third kappa shape index (κ3) is 6.80. The van der Waals surface area contributed by atoms with Crippen LogP contribution in [0.1, 0.15) is 36.2 Å². The zero-order chi connectivity index (χ0) is 26.5. The van der Waals surface area contributed by atoms with Crippen LogP contribution in [-0.4, -0.2) is 74.0 Å². The molecule has 1 aliphatic carbocycles. The van der Waals surface area contributed by atoms with Gasteiger partial charge in [-0.1, -0.05) is 11.6 Å². The van der Waals surface area contributed by atoms with Crippen molar-refractivity contribution < 1.29 is 18.7 Å². The van der Waals surface area contributed by atoms with Crippen LogP contribution in [0.4, 0.5) is 11.5 Å². The van der Waals surface area contributed by atoms with E-state index in [1.807, 2.05) is 25.1 Å². The molecule has 4 rings (SSSR count). The molecule has 2 heterocycles. The number of carbonyl (C=O) groups excluding carboxylic acids is 2. The molecule has 2 amide bonds. The van der Waals surface area contributed by atoms with Crippen LogP contribution in [0.3, 0.4) is 0 Å². The number of hydrogen-bond donors (Lipinski definition) is 2. The highest BCUT2D eigenvalue weighted by Gasteiger charge is 2.30. The largest absolute Gasteiger partial charge is 0.492 e. The van der Waals surface area contributed by atoms with Crippen LogP contribution in [0, 0.1) is 5.92 Å². The van der Waals surface area contributed by atoms with Crippen LogP contribution in [0.25, 0.3) is 11.0 Å². The van der Waals surface area contributed by atoms with Crippen LogP contribution >= 0.6 is 11.6 Å². The third-order valence-corrected chi connectivity index (χ3v) is 6.91. The van der Waals surface area contributed by atoms with Gasteiger partial charge in [-0.05, 0) is 78.1 Å². The SMILES string of the molecule is CN(C)CCOc1ccc2c(NC(=O)C3CCC(N(C)C)CC3)c(C(=O)Nc3ccc(Cl)cn3)oc2c1. The summed E-state index contributed by atoms with van der Waals surface area (Å²) in [5.41, 5.74) is 0.796. The number of nitrogens with one attached hydrogen (secondary N) is 2. The van der Waals surface area contributed by atoms with Crippen molar-refractivity contribution in [2.24, 2.45) is 5.92 Å². The standard InChI is InChI=1S/C27H34ClN5O4/c1-32(2)13-14-36-20-10-11-21-22(15-20)37-25(27(35)30-23-12-7-18(28)16-29-23)24(21)31-26(34)17-5-8-19(9-6-17)33(3)4/h7,10-12,15-17,19H,5-6,8-9,13-14H2,1-4H3,(H,31,34)(H,29,30,35). The smallest absolute Gasteiger partial charge is 0.294 e. The Labute approximate surface area is 222 Å². The van der Waals surface area contributed by atoms with E-state index in [0.717, 1.165) is 32.2 Å². The van der Waals surface area contributed by atoms with Crippen LogP contribution in [0.2, 0.25) is 5.02 Å². The molecule has 2 N–H and O–H groups in total. The number of fused-ring (bicyclic) bond motifs is 1. The van der Waals surface area contributed by atoms with Crippen LogP contribution in [0.15, 0.2) is 40.9 Å². The van der Waals surface area contributed by atoms with Crippen molar-refractivity contribution in [1.82, 2.24) is 14.8 Å². The quantitative estimate of drug-likeness (QED) is 0.415. The molecular weight excluding hydrogens is 494 g/mol. The average Bonchev–Trinajstić information content (AvgIpc) is 3.23. The minimum atomic E-state index is -0.521. The maximum atomic E-state index is 13.3. The lowest BCUT2D eigenvalue weighted by molar-refractivity contribution is -0.121. The Morgan fingerprint density at radius 3 is 2.49 bits per heavy atom. The number of aromatic nitrogens is 1. The van der Waals surface area contributed by atoms with E-state index in [4.69, 9.17) is 20.8 Å². The van der Waals surface area contributed by atoms with Crippen LogP contribution in [-0.2, 0) is 4.79 Å². The first-order valence-electron chi connectivity index (χ1n) is 12.5. The van der Waals surface area contributed by atoms with Gasteiger partial charge in [0.2, 0.25) is 11.7 Å². The summed E-state index contributed by atoms with van der Waals surface area (Å²) in [5, 5.41) is 6.82. The highest BCUT2D eigenvalue weighted by molar-refractivity contribution is 6.30. The van der Waals surface area contributed by atoms with Crippen molar-refractivity contribution in [3.8, 4) is 5.75 Å². The van der Waals surface area contributed by atoms with E-state index in [0.29, 0.717) is 45.9 Å². The first-order chi connectivity index (χ1) is 17.7. The van der Waals surface area contributed by atoms with Crippen molar-refractivity contribution >= 4 is 45.9 Å². The second kappa shape index (κ2) is 11.9. The molecule has 0 spiro atoms. The zero-order valence-corrected chi connectivity index (χ0v) is 22.5. The summed E-state index contributed by atoms with van der Waals surface area (Å²) >= 11 is 5.91. The molecule has 1 saturated carbocycles. The highest BCUT2D eigenvalue weighted by Crippen LogP contribution is 2.35. The Balaban J connectivity index is 1.59. The number of nitrogens with zero attached hydrogens (tertiary/aromatic N) is 3. The molecule has 0 aliphatic heterocycles. The predicted octanol–water partition coefficient (Wildman–Crippen LogP) is 4.73. The number of ether oxygens (including phenoxy) is 1. The Morgan fingerprint density at radius 1 is 1.08 bits per heavy atom. The lowest BCUT2D eigenvalue weighted by Crippen LogP contribution is -2.35. The number of anilines is 2. The second-order valence-electron chi connectivity index (χ2n) is 9.89. The molecule has 0 radical (unpaired) electrons. The summed E-state index contributed by atoms with van der Waals surface area (Å²) in [6.07, 6.45) is 4.95. The van der Waals surface area contributed by atoms with Gasteiger partial charge in [0.15, 0.2) is 0 Å². The van der Waals surface area contributed by atoms with Crippen molar-refractivity contribution in [2.45, 2.75) is 31.7 Å². The lowest BCUT2D eigenvalue weighted by Gasteiger charge is -2.31. The molecule has 1 fully saturated rings. The molecule has 3 aromatic rings. The first kappa shape index (κ1) is 26.9. The van der Waals surface area contributed by atoms with Gasteiger partial charge < -0.3 is 29.6 Å². The number of likely N-dealkylation sites (N-methyl/N-ethyl adjacent to an activating group) is 1. The van der Waals surface area contributed by atoms with Gasteiger partial charge in [-0.2, -0.15) is 0 Å². The van der Waals surface area contributed by atoms with E-state index in [1.165, 1.54) is 6.20 Å². The predicted molar refractivity (Wildman–Crippen MR) is 146 cm³/mol. The van der Waals surface area contributed by atoms with Crippen LogP contribution in [0.5, 0.6) is 5.75 Å². The van der Waals surface area contributed by atoms with E-state index in [2.05, 4.69) is 34.6 Å². The summed E-state index contributed by atoms with van der Waals surface area (Å²) in [4.78, 5) is 34.9. The topological polar surface area (TPSA) is 99.9 Å². The summed E-state index contributed by atoms with van der Waals surface area (Å²) < 4.78 is 11.8. The van der Waals surface area contributed by atoms with E-state index in [1.54, 1.807) is 24.3 Å². The Hall–Kier alpha value is -3.14. The maximum absolute atomic E-state index is 13.3.